The minimum atomic E-state index is 0.706. The second-order valence-corrected chi connectivity index (χ2v) is 4.94. The van der Waals surface area contributed by atoms with Crippen LogP contribution in [0.4, 0.5) is 0 Å². The zero-order valence-corrected chi connectivity index (χ0v) is 9.85. The van der Waals surface area contributed by atoms with Gasteiger partial charge in [0.05, 0.1) is 7.11 Å². The standard InChI is InChI=1S/C12H17NOS/c1-14-12-4-2-10(3-5-12)8-13-11-6-7-15-9-11/h2-5,11,13H,6-9H2,1H3. The Bertz CT molecular complexity index is 293. The number of rotatable bonds is 4. The Morgan fingerprint density at radius 3 is 2.80 bits per heavy atom. The highest BCUT2D eigenvalue weighted by Crippen LogP contribution is 2.18. The van der Waals surface area contributed by atoms with Gasteiger partial charge in [0.15, 0.2) is 0 Å². The number of ether oxygens (including phenoxy) is 1. The number of methoxy groups -OCH3 is 1. The number of hydrogen-bond acceptors (Lipinski definition) is 3. The van der Waals surface area contributed by atoms with E-state index in [1.165, 1.54) is 23.5 Å². The highest BCUT2D eigenvalue weighted by molar-refractivity contribution is 7.99. The van der Waals surface area contributed by atoms with Crippen molar-refractivity contribution in [3.05, 3.63) is 29.8 Å². The van der Waals surface area contributed by atoms with Crippen molar-refractivity contribution in [1.82, 2.24) is 5.32 Å². The number of hydrogen-bond donors (Lipinski definition) is 1. The summed E-state index contributed by atoms with van der Waals surface area (Å²) in [5, 5.41) is 3.57. The molecule has 1 saturated heterocycles. The molecular weight excluding hydrogens is 206 g/mol. The predicted octanol–water partition coefficient (Wildman–Crippen LogP) is 2.29. The lowest BCUT2D eigenvalue weighted by Crippen LogP contribution is -2.27. The fourth-order valence-corrected chi connectivity index (χ4v) is 2.89. The fourth-order valence-electron chi connectivity index (χ4n) is 1.70. The van der Waals surface area contributed by atoms with Gasteiger partial charge in [-0.3, -0.25) is 0 Å². The van der Waals surface area contributed by atoms with Crippen LogP contribution in [-0.4, -0.2) is 24.7 Å². The molecule has 0 aliphatic carbocycles. The molecule has 15 heavy (non-hydrogen) atoms. The molecule has 0 bridgehead atoms. The Kier molecular flexibility index (Phi) is 3.92. The average Bonchev–Trinajstić information content (AvgIpc) is 2.80. The summed E-state index contributed by atoms with van der Waals surface area (Å²) in [5.41, 5.74) is 1.33. The van der Waals surface area contributed by atoms with E-state index in [4.69, 9.17) is 4.74 Å². The third-order valence-corrected chi connectivity index (χ3v) is 3.85. The quantitative estimate of drug-likeness (QED) is 0.846. The molecule has 82 valence electrons. The molecule has 1 N–H and O–H groups in total. The van der Waals surface area contributed by atoms with E-state index in [2.05, 4.69) is 17.4 Å². The molecule has 0 aromatic heterocycles. The zero-order valence-electron chi connectivity index (χ0n) is 9.03. The van der Waals surface area contributed by atoms with Crippen molar-refractivity contribution >= 4 is 11.8 Å². The van der Waals surface area contributed by atoms with Gasteiger partial charge in [-0.05, 0) is 29.9 Å². The summed E-state index contributed by atoms with van der Waals surface area (Å²) in [7, 11) is 1.70. The smallest absolute Gasteiger partial charge is 0.118 e. The molecule has 0 amide bonds. The monoisotopic (exact) mass is 223 g/mol. The summed E-state index contributed by atoms with van der Waals surface area (Å²) < 4.78 is 5.12. The van der Waals surface area contributed by atoms with Crippen molar-refractivity contribution in [2.45, 2.75) is 19.0 Å². The van der Waals surface area contributed by atoms with E-state index in [0.29, 0.717) is 6.04 Å². The Morgan fingerprint density at radius 2 is 2.20 bits per heavy atom. The van der Waals surface area contributed by atoms with E-state index in [-0.39, 0.29) is 0 Å². The molecule has 1 atom stereocenters. The first kappa shape index (κ1) is 10.8. The molecule has 1 aliphatic rings. The SMILES string of the molecule is COc1ccc(CNC2CCSC2)cc1. The number of nitrogens with one attached hydrogen (secondary N) is 1. The number of thioether (sulfide) groups is 1. The molecule has 1 aliphatic heterocycles. The van der Waals surface area contributed by atoms with E-state index < -0.39 is 0 Å². The molecule has 1 fully saturated rings. The fraction of sp³-hybridized carbons (Fsp3) is 0.500. The predicted molar refractivity (Wildman–Crippen MR) is 65.6 cm³/mol. The van der Waals surface area contributed by atoms with Crippen LogP contribution in [0.2, 0.25) is 0 Å². The molecule has 1 aromatic rings. The van der Waals surface area contributed by atoms with Crippen LogP contribution in [0, 0.1) is 0 Å². The van der Waals surface area contributed by atoms with E-state index >= 15 is 0 Å². The maximum Gasteiger partial charge on any atom is 0.118 e. The topological polar surface area (TPSA) is 21.3 Å². The molecule has 0 saturated carbocycles. The van der Waals surface area contributed by atoms with Crippen molar-refractivity contribution in [2.24, 2.45) is 0 Å². The number of benzene rings is 1. The highest BCUT2D eigenvalue weighted by Gasteiger charge is 2.13. The van der Waals surface area contributed by atoms with Gasteiger partial charge in [0.25, 0.3) is 0 Å². The lowest BCUT2D eigenvalue weighted by atomic mass is 10.2. The summed E-state index contributed by atoms with van der Waals surface area (Å²) >= 11 is 2.04. The van der Waals surface area contributed by atoms with Gasteiger partial charge in [-0.2, -0.15) is 11.8 Å². The van der Waals surface area contributed by atoms with Crippen LogP contribution >= 0.6 is 11.8 Å². The Hall–Kier alpha value is -0.670. The van der Waals surface area contributed by atoms with Crippen molar-refractivity contribution in [2.75, 3.05) is 18.6 Å². The molecule has 1 unspecified atom stereocenters. The molecule has 0 radical (unpaired) electrons. The van der Waals surface area contributed by atoms with Crippen molar-refractivity contribution < 1.29 is 4.74 Å². The maximum atomic E-state index is 5.12. The summed E-state index contributed by atoms with van der Waals surface area (Å²) in [6, 6.07) is 8.97. The molecule has 2 rings (SSSR count). The summed E-state index contributed by atoms with van der Waals surface area (Å²) in [5.74, 6) is 3.49. The third-order valence-electron chi connectivity index (χ3n) is 2.68. The lowest BCUT2D eigenvalue weighted by molar-refractivity contribution is 0.414. The molecule has 1 heterocycles. The first-order valence-corrected chi connectivity index (χ1v) is 6.48. The van der Waals surface area contributed by atoms with Crippen molar-refractivity contribution in [3.63, 3.8) is 0 Å². The van der Waals surface area contributed by atoms with Crippen LogP contribution in [0.5, 0.6) is 5.75 Å². The average molecular weight is 223 g/mol. The van der Waals surface area contributed by atoms with Crippen LogP contribution in [0.1, 0.15) is 12.0 Å². The lowest BCUT2D eigenvalue weighted by Gasteiger charge is -2.11. The molecule has 3 heteroatoms. The molecular formula is C12H17NOS. The first-order chi connectivity index (χ1) is 7.38. The Balaban J connectivity index is 1.82. The van der Waals surface area contributed by atoms with Crippen LogP contribution in [0.25, 0.3) is 0 Å². The minimum Gasteiger partial charge on any atom is -0.497 e. The second-order valence-electron chi connectivity index (χ2n) is 3.79. The van der Waals surface area contributed by atoms with Gasteiger partial charge in [-0.1, -0.05) is 12.1 Å². The maximum absolute atomic E-state index is 5.12. The van der Waals surface area contributed by atoms with E-state index in [0.717, 1.165) is 12.3 Å². The summed E-state index contributed by atoms with van der Waals surface area (Å²) in [6.07, 6.45) is 1.31. The largest absolute Gasteiger partial charge is 0.497 e. The summed E-state index contributed by atoms with van der Waals surface area (Å²) in [4.78, 5) is 0. The minimum absolute atomic E-state index is 0.706. The summed E-state index contributed by atoms with van der Waals surface area (Å²) in [6.45, 7) is 0.967. The van der Waals surface area contributed by atoms with Gasteiger partial charge in [0.2, 0.25) is 0 Å². The van der Waals surface area contributed by atoms with Crippen LogP contribution in [0.15, 0.2) is 24.3 Å². The zero-order chi connectivity index (χ0) is 10.5. The normalized spacial score (nSPS) is 20.5. The molecule has 1 aromatic carbocycles. The molecule has 0 spiro atoms. The highest BCUT2D eigenvalue weighted by atomic mass is 32.2. The van der Waals surface area contributed by atoms with Gasteiger partial charge in [0, 0.05) is 18.3 Å². The van der Waals surface area contributed by atoms with Crippen LogP contribution in [0.3, 0.4) is 0 Å². The Morgan fingerprint density at radius 1 is 1.40 bits per heavy atom. The first-order valence-electron chi connectivity index (χ1n) is 5.32. The van der Waals surface area contributed by atoms with Crippen molar-refractivity contribution in [3.8, 4) is 5.75 Å². The van der Waals surface area contributed by atoms with Gasteiger partial charge in [0.1, 0.15) is 5.75 Å². The molecule has 2 nitrogen and oxygen atoms in total. The Labute approximate surface area is 95.4 Å². The van der Waals surface area contributed by atoms with Crippen molar-refractivity contribution in [1.29, 1.82) is 0 Å². The van der Waals surface area contributed by atoms with Crippen LogP contribution in [-0.2, 0) is 6.54 Å². The van der Waals surface area contributed by atoms with Gasteiger partial charge < -0.3 is 10.1 Å². The third kappa shape index (κ3) is 3.14. The second kappa shape index (κ2) is 5.42. The van der Waals surface area contributed by atoms with Gasteiger partial charge >= 0.3 is 0 Å². The van der Waals surface area contributed by atoms with E-state index in [1.807, 2.05) is 23.9 Å². The van der Waals surface area contributed by atoms with Gasteiger partial charge in [-0.25, -0.2) is 0 Å². The van der Waals surface area contributed by atoms with E-state index in [1.54, 1.807) is 7.11 Å². The van der Waals surface area contributed by atoms with Gasteiger partial charge in [-0.15, -0.1) is 0 Å². The van der Waals surface area contributed by atoms with E-state index in [9.17, 15) is 0 Å². The van der Waals surface area contributed by atoms with Crippen LogP contribution < -0.4 is 10.1 Å².